The Morgan fingerprint density at radius 1 is 1.30 bits per heavy atom. The van der Waals surface area contributed by atoms with Crippen molar-refractivity contribution < 1.29 is 9.90 Å². The Labute approximate surface area is 121 Å². The van der Waals surface area contributed by atoms with Gasteiger partial charge >= 0.3 is 5.97 Å². The summed E-state index contributed by atoms with van der Waals surface area (Å²) in [6.45, 7) is 9.95. The van der Waals surface area contributed by atoms with E-state index in [1.807, 2.05) is 12.1 Å². The molecule has 1 aromatic rings. The van der Waals surface area contributed by atoms with Crippen LogP contribution in [-0.2, 0) is 6.54 Å². The average Bonchev–Trinajstić information content (AvgIpc) is 2.39. The Balaban J connectivity index is 2.72. The summed E-state index contributed by atoms with van der Waals surface area (Å²) in [5.41, 5.74) is 7.37. The van der Waals surface area contributed by atoms with Crippen molar-refractivity contribution in [2.24, 2.45) is 11.1 Å². The van der Waals surface area contributed by atoms with Crippen molar-refractivity contribution in [3.63, 3.8) is 0 Å². The Bertz CT molecular complexity index is 427. The van der Waals surface area contributed by atoms with E-state index in [1.54, 1.807) is 12.1 Å². The lowest BCUT2D eigenvalue weighted by molar-refractivity contribution is 0.0697. The van der Waals surface area contributed by atoms with Crippen LogP contribution in [0.1, 0.15) is 43.1 Å². The number of nitrogens with two attached hydrogens (primary N) is 1. The number of hydrogen-bond acceptors (Lipinski definition) is 3. The van der Waals surface area contributed by atoms with E-state index in [1.165, 1.54) is 0 Å². The summed E-state index contributed by atoms with van der Waals surface area (Å²) in [6.07, 6.45) is 1.09. The molecule has 1 aromatic carbocycles. The molecule has 0 saturated carbocycles. The highest BCUT2D eigenvalue weighted by atomic mass is 16.4. The summed E-state index contributed by atoms with van der Waals surface area (Å²) >= 11 is 0. The maximum atomic E-state index is 10.8. The van der Waals surface area contributed by atoms with Gasteiger partial charge in [0.1, 0.15) is 0 Å². The molecule has 0 radical (unpaired) electrons. The van der Waals surface area contributed by atoms with Crippen LogP contribution in [-0.4, -0.2) is 35.6 Å². The molecule has 3 N–H and O–H groups in total. The molecule has 20 heavy (non-hydrogen) atoms. The quantitative estimate of drug-likeness (QED) is 0.767. The topological polar surface area (TPSA) is 66.6 Å². The predicted octanol–water partition coefficient (Wildman–Crippen LogP) is 2.58. The van der Waals surface area contributed by atoms with Gasteiger partial charge in [-0.25, -0.2) is 4.79 Å². The lowest BCUT2D eigenvalue weighted by atomic mass is 9.93. The number of nitrogens with zero attached hydrogens (tertiary/aromatic N) is 1. The Morgan fingerprint density at radius 3 is 2.35 bits per heavy atom. The fourth-order valence-corrected chi connectivity index (χ4v) is 2.21. The molecule has 0 saturated heterocycles. The Kier molecular flexibility index (Phi) is 6.17. The van der Waals surface area contributed by atoms with Crippen LogP contribution in [0.2, 0.25) is 0 Å². The summed E-state index contributed by atoms with van der Waals surface area (Å²) in [5, 5.41) is 8.90. The van der Waals surface area contributed by atoms with Gasteiger partial charge in [-0.05, 0) is 42.6 Å². The van der Waals surface area contributed by atoms with E-state index in [0.29, 0.717) is 12.1 Å². The molecule has 112 valence electrons. The third-order valence-corrected chi connectivity index (χ3v) is 3.35. The van der Waals surface area contributed by atoms with Crippen molar-refractivity contribution in [3.05, 3.63) is 35.4 Å². The number of carbonyl (C=O) groups is 1. The molecule has 0 unspecified atom stereocenters. The molecule has 0 spiro atoms. The lowest BCUT2D eigenvalue weighted by Gasteiger charge is -2.31. The molecule has 0 aliphatic rings. The number of hydrogen-bond donors (Lipinski definition) is 2. The second kappa shape index (κ2) is 7.41. The van der Waals surface area contributed by atoms with E-state index in [2.05, 4.69) is 25.7 Å². The molecule has 0 atom stereocenters. The monoisotopic (exact) mass is 278 g/mol. The van der Waals surface area contributed by atoms with Crippen molar-refractivity contribution in [1.29, 1.82) is 0 Å². The van der Waals surface area contributed by atoms with Gasteiger partial charge in [0.15, 0.2) is 0 Å². The van der Waals surface area contributed by atoms with Gasteiger partial charge in [-0.2, -0.15) is 0 Å². The first-order valence-corrected chi connectivity index (χ1v) is 7.12. The van der Waals surface area contributed by atoms with E-state index in [-0.39, 0.29) is 5.41 Å². The highest BCUT2D eigenvalue weighted by molar-refractivity contribution is 5.87. The molecular weight excluding hydrogens is 252 g/mol. The number of aromatic carboxylic acids is 1. The van der Waals surface area contributed by atoms with E-state index in [4.69, 9.17) is 10.8 Å². The number of benzene rings is 1. The fourth-order valence-electron chi connectivity index (χ4n) is 2.21. The first-order valence-electron chi connectivity index (χ1n) is 7.12. The van der Waals surface area contributed by atoms with E-state index in [0.717, 1.165) is 31.6 Å². The van der Waals surface area contributed by atoms with Gasteiger partial charge < -0.3 is 10.8 Å². The minimum Gasteiger partial charge on any atom is -0.478 e. The van der Waals surface area contributed by atoms with E-state index < -0.39 is 5.97 Å². The van der Waals surface area contributed by atoms with Crippen LogP contribution in [0.3, 0.4) is 0 Å². The summed E-state index contributed by atoms with van der Waals surface area (Å²) in [5.74, 6) is -0.883. The third-order valence-electron chi connectivity index (χ3n) is 3.35. The second-order valence-electron chi connectivity index (χ2n) is 6.08. The number of carboxylic acids is 1. The van der Waals surface area contributed by atoms with Crippen LogP contribution in [0.5, 0.6) is 0 Å². The standard InChI is InChI=1S/C16H26N2O2/c1-4-9-18(12-16(2,3)11-17)10-13-5-7-14(8-6-13)15(19)20/h5-8H,4,9-12,17H2,1-3H3,(H,19,20). The van der Waals surface area contributed by atoms with Crippen molar-refractivity contribution >= 4 is 5.97 Å². The molecule has 0 heterocycles. The van der Waals surface area contributed by atoms with Gasteiger partial charge in [0.2, 0.25) is 0 Å². The summed E-state index contributed by atoms with van der Waals surface area (Å²) in [7, 11) is 0. The Morgan fingerprint density at radius 2 is 1.90 bits per heavy atom. The highest BCUT2D eigenvalue weighted by Gasteiger charge is 2.19. The molecule has 0 aliphatic carbocycles. The smallest absolute Gasteiger partial charge is 0.335 e. The normalized spacial score (nSPS) is 11.8. The van der Waals surface area contributed by atoms with Gasteiger partial charge in [0.25, 0.3) is 0 Å². The van der Waals surface area contributed by atoms with Crippen LogP contribution >= 0.6 is 0 Å². The summed E-state index contributed by atoms with van der Waals surface area (Å²) in [4.78, 5) is 13.2. The molecular formula is C16H26N2O2. The van der Waals surface area contributed by atoms with Crippen LogP contribution in [0.25, 0.3) is 0 Å². The second-order valence-corrected chi connectivity index (χ2v) is 6.08. The first-order chi connectivity index (χ1) is 9.38. The molecule has 0 bridgehead atoms. The maximum Gasteiger partial charge on any atom is 0.335 e. The summed E-state index contributed by atoms with van der Waals surface area (Å²) in [6, 6.07) is 7.11. The van der Waals surface area contributed by atoms with Gasteiger partial charge in [-0.1, -0.05) is 32.9 Å². The fraction of sp³-hybridized carbons (Fsp3) is 0.562. The first kappa shape index (κ1) is 16.7. The van der Waals surface area contributed by atoms with Gasteiger partial charge in [0, 0.05) is 13.1 Å². The Hall–Kier alpha value is -1.39. The van der Waals surface area contributed by atoms with Crippen molar-refractivity contribution in [2.75, 3.05) is 19.6 Å². The SMILES string of the molecule is CCCN(Cc1ccc(C(=O)O)cc1)CC(C)(C)CN. The molecule has 0 amide bonds. The summed E-state index contributed by atoms with van der Waals surface area (Å²) < 4.78 is 0. The van der Waals surface area contributed by atoms with Crippen LogP contribution in [0.4, 0.5) is 0 Å². The molecule has 0 aromatic heterocycles. The predicted molar refractivity (Wildman–Crippen MR) is 81.8 cm³/mol. The van der Waals surface area contributed by atoms with Crippen LogP contribution < -0.4 is 5.73 Å². The van der Waals surface area contributed by atoms with Gasteiger partial charge in [-0.3, -0.25) is 4.90 Å². The maximum absolute atomic E-state index is 10.8. The molecule has 4 heteroatoms. The zero-order valence-corrected chi connectivity index (χ0v) is 12.7. The zero-order chi connectivity index (χ0) is 15.2. The van der Waals surface area contributed by atoms with Crippen molar-refractivity contribution in [2.45, 2.75) is 33.7 Å². The van der Waals surface area contributed by atoms with Gasteiger partial charge in [0.05, 0.1) is 5.56 Å². The van der Waals surface area contributed by atoms with E-state index >= 15 is 0 Å². The van der Waals surface area contributed by atoms with Crippen LogP contribution in [0, 0.1) is 5.41 Å². The molecule has 1 rings (SSSR count). The van der Waals surface area contributed by atoms with Crippen molar-refractivity contribution in [1.82, 2.24) is 4.90 Å². The largest absolute Gasteiger partial charge is 0.478 e. The van der Waals surface area contributed by atoms with Gasteiger partial charge in [-0.15, -0.1) is 0 Å². The average molecular weight is 278 g/mol. The van der Waals surface area contributed by atoms with Crippen molar-refractivity contribution in [3.8, 4) is 0 Å². The molecule has 0 aliphatic heterocycles. The zero-order valence-electron chi connectivity index (χ0n) is 12.7. The number of rotatable bonds is 8. The molecule has 0 fully saturated rings. The van der Waals surface area contributed by atoms with Crippen LogP contribution in [0.15, 0.2) is 24.3 Å². The highest BCUT2D eigenvalue weighted by Crippen LogP contribution is 2.17. The third kappa shape index (κ3) is 5.31. The molecule has 4 nitrogen and oxygen atoms in total. The minimum absolute atomic E-state index is 0.0934. The minimum atomic E-state index is -0.883. The lowest BCUT2D eigenvalue weighted by Crippen LogP contribution is -2.38. The number of carboxylic acid groups (broad SMARTS) is 1. The van der Waals surface area contributed by atoms with E-state index in [9.17, 15) is 4.79 Å².